The van der Waals surface area contributed by atoms with Crippen molar-refractivity contribution in [2.45, 2.75) is 13.0 Å². The molecule has 0 aliphatic heterocycles. The van der Waals surface area contributed by atoms with E-state index in [4.69, 9.17) is 10.2 Å². The van der Waals surface area contributed by atoms with Crippen LogP contribution in [0.25, 0.3) is 0 Å². The first-order valence-corrected chi connectivity index (χ1v) is 6.88. The molecule has 0 aromatic carbocycles. The number of hydrogen-bond acceptors (Lipinski definition) is 6. The zero-order chi connectivity index (χ0) is 11.2. The summed E-state index contributed by atoms with van der Waals surface area (Å²) in [6.07, 6.45) is -0.781. The molecule has 0 rings (SSSR count). The zero-order valence-electron chi connectivity index (χ0n) is 8.92. The van der Waals surface area contributed by atoms with Gasteiger partial charge in [-0.1, -0.05) is 6.92 Å². The van der Waals surface area contributed by atoms with Gasteiger partial charge in [0.15, 0.2) is 0 Å². The molecule has 0 aliphatic rings. The molecule has 5 nitrogen and oxygen atoms in total. The van der Waals surface area contributed by atoms with Crippen LogP contribution in [-0.2, 0) is 10.1 Å². The number of aliphatic hydroxyl groups excluding tert-OH is 2. The molecule has 0 aromatic rings. The normalized spacial score (nSPS) is 15.5. The average molecular weight is 266 g/mol. The third-order valence-corrected chi connectivity index (χ3v) is 3.81. The Morgan fingerprint density at radius 3 is 2.33 bits per heavy atom. The summed E-state index contributed by atoms with van der Waals surface area (Å²) in [5.74, 6) is 0.224. The van der Waals surface area contributed by atoms with Crippen LogP contribution < -0.4 is 29.6 Å². The molecule has 86 valence electrons. The summed E-state index contributed by atoms with van der Waals surface area (Å²) >= 11 is 1.32. The van der Waals surface area contributed by atoms with Crippen molar-refractivity contribution >= 4 is 21.9 Å². The van der Waals surface area contributed by atoms with Gasteiger partial charge in [-0.25, -0.2) is 8.42 Å². The van der Waals surface area contributed by atoms with Crippen molar-refractivity contribution < 1.29 is 52.7 Å². The Morgan fingerprint density at radius 1 is 1.40 bits per heavy atom. The fraction of sp³-hybridized carbons (Fsp3) is 1.00. The molecule has 0 amide bonds. The topological polar surface area (TPSA) is 97.7 Å². The van der Waals surface area contributed by atoms with Gasteiger partial charge in [0, 0.05) is 11.5 Å². The van der Waals surface area contributed by atoms with Crippen LogP contribution in [0.3, 0.4) is 0 Å². The molecule has 0 heterocycles. The van der Waals surface area contributed by atoms with Gasteiger partial charge in [0.2, 0.25) is 0 Å². The molecule has 0 aromatic heterocycles. The molecule has 0 saturated heterocycles. The second kappa shape index (κ2) is 9.23. The van der Waals surface area contributed by atoms with E-state index >= 15 is 0 Å². The van der Waals surface area contributed by atoms with Gasteiger partial charge in [-0.15, -0.1) is 0 Å². The Morgan fingerprint density at radius 2 is 1.93 bits per heavy atom. The van der Waals surface area contributed by atoms with Crippen LogP contribution >= 0.6 is 11.8 Å². The third kappa shape index (κ3) is 13.1. The summed E-state index contributed by atoms with van der Waals surface area (Å²) in [6, 6.07) is 0. The van der Waals surface area contributed by atoms with Crippen molar-refractivity contribution in [3.63, 3.8) is 0 Å². The van der Waals surface area contributed by atoms with Gasteiger partial charge in [-0.2, -0.15) is 11.8 Å². The molecular weight excluding hydrogens is 251 g/mol. The number of thioether (sulfide) groups is 1. The van der Waals surface area contributed by atoms with Crippen LogP contribution in [0.5, 0.6) is 0 Å². The van der Waals surface area contributed by atoms with Gasteiger partial charge in [-0.05, 0) is 11.7 Å². The molecule has 8 heteroatoms. The van der Waals surface area contributed by atoms with E-state index in [0.717, 1.165) is 0 Å². The SMILES string of the molecule is CC(CSCC(O)CO)CS(=O)(=O)[O-].[Na+]. The summed E-state index contributed by atoms with van der Waals surface area (Å²) in [5, 5.41) is 17.4. The van der Waals surface area contributed by atoms with E-state index in [1.165, 1.54) is 11.8 Å². The van der Waals surface area contributed by atoms with Crippen LogP contribution in [0, 0.1) is 5.92 Å². The van der Waals surface area contributed by atoms with E-state index in [-0.39, 0.29) is 47.8 Å². The monoisotopic (exact) mass is 266 g/mol. The van der Waals surface area contributed by atoms with Gasteiger partial charge in [0.05, 0.1) is 22.8 Å². The van der Waals surface area contributed by atoms with Gasteiger partial charge < -0.3 is 14.8 Å². The molecule has 0 radical (unpaired) electrons. The van der Waals surface area contributed by atoms with Crippen LogP contribution in [0.2, 0.25) is 0 Å². The first kappa shape index (κ1) is 18.5. The zero-order valence-corrected chi connectivity index (χ0v) is 12.6. The number of hydrogen-bond donors (Lipinski definition) is 2. The largest absolute Gasteiger partial charge is 1.00 e. The molecule has 2 unspecified atom stereocenters. The molecule has 2 N–H and O–H groups in total. The van der Waals surface area contributed by atoms with E-state index in [9.17, 15) is 13.0 Å². The number of rotatable bonds is 7. The van der Waals surface area contributed by atoms with Gasteiger partial charge in [-0.3, -0.25) is 0 Å². The van der Waals surface area contributed by atoms with Crippen LogP contribution in [0.4, 0.5) is 0 Å². The Hall–Kier alpha value is 1.18. The summed E-state index contributed by atoms with van der Waals surface area (Å²) in [5.41, 5.74) is 0. The fourth-order valence-corrected chi connectivity index (χ4v) is 2.85. The molecule has 0 saturated carbocycles. The second-order valence-corrected chi connectivity index (χ2v) is 5.73. The van der Waals surface area contributed by atoms with Crippen molar-refractivity contribution in [3.8, 4) is 0 Å². The van der Waals surface area contributed by atoms with Gasteiger partial charge >= 0.3 is 29.6 Å². The summed E-state index contributed by atoms with van der Waals surface area (Å²) in [4.78, 5) is 0. The molecule has 15 heavy (non-hydrogen) atoms. The van der Waals surface area contributed by atoms with Crippen molar-refractivity contribution in [1.29, 1.82) is 0 Å². The smallest absolute Gasteiger partial charge is 0.748 e. The molecule has 2 atom stereocenters. The summed E-state index contributed by atoms with van der Waals surface area (Å²) in [6.45, 7) is 1.36. The van der Waals surface area contributed by atoms with Crippen molar-refractivity contribution in [2.75, 3.05) is 23.9 Å². The first-order valence-electron chi connectivity index (χ1n) is 4.15. The van der Waals surface area contributed by atoms with E-state index in [2.05, 4.69) is 0 Å². The molecule has 0 bridgehead atoms. The molecule has 0 fully saturated rings. The van der Waals surface area contributed by atoms with Crippen molar-refractivity contribution in [1.82, 2.24) is 0 Å². The van der Waals surface area contributed by atoms with Crippen LogP contribution in [-0.4, -0.2) is 53.2 Å². The van der Waals surface area contributed by atoms with E-state index < -0.39 is 16.2 Å². The standard InChI is InChI=1S/C7H16O5S2.Na/c1-6(5-14(10,11)12)3-13-4-7(9)2-8;/h6-9H,2-5H2,1H3,(H,10,11,12);/q;+1/p-1. The van der Waals surface area contributed by atoms with Gasteiger partial charge in [0.25, 0.3) is 0 Å². The van der Waals surface area contributed by atoms with E-state index in [0.29, 0.717) is 11.5 Å². The summed E-state index contributed by atoms with van der Waals surface area (Å²) in [7, 11) is -4.15. The predicted octanol–water partition coefficient (Wildman–Crippen LogP) is -3.74. The van der Waals surface area contributed by atoms with E-state index in [1.807, 2.05) is 0 Å². The van der Waals surface area contributed by atoms with Crippen molar-refractivity contribution in [3.05, 3.63) is 0 Å². The first-order chi connectivity index (χ1) is 6.35. The quantitative estimate of drug-likeness (QED) is 0.363. The van der Waals surface area contributed by atoms with Crippen LogP contribution in [0.1, 0.15) is 6.92 Å². The second-order valence-electron chi connectivity index (χ2n) is 3.20. The Balaban J connectivity index is 0. The minimum atomic E-state index is -4.15. The number of aliphatic hydroxyl groups is 2. The Bertz CT molecular complexity index is 244. The minimum Gasteiger partial charge on any atom is -0.748 e. The molecule has 0 spiro atoms. The third-order valence-electron chi connectivity index (χ3n) is 1.41. The maximum absolute atomic E-state index is 10.3. The maximum Gasteiger partial charge on any atom is 1.00 e. The maximum atomic E-state index is 10.3. The van der Waals surface area contributed by atoms with Crippen LogP contribution in [0.15, 0.2) is 0 Å². The Kier molecular flexibility index (Phi) is 11.4. The fourth-order valence-electron chi connectivity index (χ4n) is 0.855. The minimum absolute atomic E-state index is 0. The van der Waals surface area contributed by atoms with Gasteiger partial charge in [0.1, 0.15) is 0 Å². The molecule has 0 aliphatic carbocycles. The average Bonchev–Trinajstić information content (AvgIpc) is 2.00. The predicted molar refractivity (Wildman–Crippen MR) is 54.1 cm³/mol. The Labute approximate surface area is 117 Å². The summed E-state index contributed by atoms with van der Waals surface area (Å²) < 4.78 is 31.0. The van der Waals surface area contributed by atoms with E-state index in [1.54, 1.807) is 6.92 Å². The molecular formula is C7H15NaO5S2. The van der Waals surface area contributed by atoms with Crippen molar-refractivity contribution in [2.24, 2.45) is 5.92 Å².